The summed E-state index contributed by atoms with van der Waals surface area (Å²) >= 11 is 0. The van der Waals surface area contributed by atoms with Gasteiger partial charge in [0.25, 0.3) is 0 Å². The van der Waals surface area contributed by atoms with Gasteiger partial charge in [-0.1, -0.05) is 409 Å². The number of unbranched alkanes of at least 4 members (excludes halogenated alkanes) is 51. The summed E-state index contributed by atoms with van der Waals surface area (Å²) in [7, 11) is -9.93. The second-order valence-corrected chi connectivity index (χ2v) is 36.4. The van der Waals surface area contributed by atoms with Crippen LogP contribution in [-0.4, -0.2) is 96.7 Å². The minimum atomic E-state index is -4.97. The predicted octanol–water partition coefficient (Wildman–Crippen LogP) is 26.7. The van der Waals surface area contributed by atoms with Crippen molar-refractivity contribution in [1.29, 1.82) is 0 Å². The molecule has 0 saturated heterocycles. The monoisotopic (exact) mass is 1560 g/mol. The lowest BCUT2D eigenvalue weighted by molar-refractivity contribution is -0.161. The fraction of sp³-hybridized carbons (Fsp3) is 0.955. The van der Waals surface area contributed by atoms with Crippen molar-refractivity contribution < 1.29 is 80.2 Å². The van der Waals surface area contributed by atoms with Gasteiger partial charge in [-0.05, 0) is 49.4 Å². The van der Waals surface area contributed by atoms with Crippen LogP contribution < -0.4 is 0 Å². The van der Waals surface area contributed by atoms with Crippen LogP contribution in [-0.2, 0) is 65.4 Å². The molecule has 636 valence electrons. The van der Waals surface area contributed by atoms with E-state index in [1.165, 1.54) is 257 Å². The molecule has 0 fully saturated rings. The highest BCUT2D eigenvalue weighted by atomic mass is 31.2. The Morgan fingerprint density at radius 1 is 0.234 bits per heavy atom. The van der Waals surface area contributed by atoms with Crippen molar-refractivity contribution in [2.24, 2.45) is 23.7 Å². The van der Waals surface area contributed by atoms with Gasteiger partial charge in [0.2, 0.25) is 0 Å². The van der Waals surface area contributed by atoms with Gasteiger partial charge < -0.3 is 33.8 Å². The van der Waals surface area contributed by atoms with Crippen LogP contribution in [0.2, 0.25) is 0 Å². The first kappa shape index (κ1) is 105. The van der Waals surface area contributed by atoms with E-state index in [1.54, 1.807) is 0 Å². The summed E-state index contributed by atoms with van der Waals surface area (Å²) in [5.74, 6) is 1.03. The van der Waals surface area contributed by atoms with Crippen LogP contribution in [0.4, 0.5) is 0 Å². The fourth-order valence-electron chi connectivity index (χ4n) is 13.7. The van der Waals surface area contributed by atoms with Crippen LogP contribution in [0, 0.1) is 23.7 Å². The van der Waals surface area contributed by atoms with Gasteiger partial charge in [0, 0.05) is 25.7 Å². The Morgan fingerprint density at radius 3 is 0.579 bits per heavy atom. The lowest BCUT2D eigenvalue weighted by Gasteiger charge is -2.21. The van der Waals surface area contributed by atoms with Crippen LogP contribution in [0.25, 0.3) is 0 Å². The van der Waals surface area contributed by atoms with Gasteiger partial charge in [-0.15, -0.1) is 0 Å². The summed E-state index contributed by atoms with van der Waals surface area (Å²) in [6, 6.07) is 0. The number of carbonyl (C=O) groups excluding carboxylic acids is 4. The summed E-state index contributed by atoms with van der Waals surface area (Å²) in [6.07, 6.45) is 66.8. The summed E-state index contributed by atoms with van der Waals surface area (Å²) in [4.78, 5) is 73.3. The third-order valence-electron chi connectivity index (χ3n) is 20.6. The van der Waals surface area contributed by atoms with Crippen molar-refractivity contribution in [3.8, 4) is 0 Å². The molecule has 0 aromatic rings. The van der Waals surface area contributed by atoms with E-state index >= 15 is 0 Å². The molecule has 0 aliphatic rings. The molecule has 0 radical (unpaired) electrons. The van der Waals surface area contributed by atoms with Crippen molar-refractivity contribution in [2.45, 2.75) is 478 Å². The van der Waals surface area contributed by atoms with E-state index in [1.807, 2.05) is 0 Å². The first-order valence-electron chi connectivity index (χ1n) is 45.2. The van der Waals surface area contributed by atoms with Crippen molar-refractivity contribution >= 4 is 39.5 Å². The third-order valence-corrected chi connectivity index (χ3v) is 22.5. The Morgan fingerprint density at radius 2 is 0.393 bits per heavy atom. The van der Waals surface area contributed by atoms with E-state index < -0.39 is 97.5 Å². The van der Waals surface area contributed by atoms with Gasteiger partial charge in [-0.2, -0.15) is 0 Å². The van der Waals surface area contributed by atoms with Crippen LogP contribution in [0.15, 0.2) is 0 Å². The molecule has 3 unspecified atom stereocenters. The number of aliphatic hydroxyl groups excluding tert-OH is 1. The maximum absolute atomic E-state index is 13.2. The van der Waals surface area contributed by atoms with Crippen LogP contribution >= 0.6 is 15.6 Å². The summed E-state index contributed by atoms with van der Waals surface area (Å²) in [5, 5.41) is 10.7. The fourth-order valence-corrected chi connectivity index (χ4v) is 15.3. The maximum atomic E-state index is 13.2. The molecule has 107 heavy (non-hydrogen) atoms. The van der Waals surface area contributed by atoms with Crippen molar-refractivity contribution in [3.05, 3.63) is 0 Å². The molecule has 0 amide bonds. The summed E-state index contributed by atoms with van der Waals surface area (Å²) in [6.45, 7) is 14.3. The quantitative estimate of drug-likeness (QED) is 0.0222. The number of phosphoric ester groups is 2. The Kier molecular flexibility index (Phi) is 75.3. The lowest BCUT2D eigenvalue weighted by Crippen LogP contribution is -2.30. The number of hydrogen-bond donors (Lipinski definition) is 3. The lowest BCUT2D eigenvalue weighted by atomic mass is 10.0. The van der Waals surface area contributed by atoms with E-state index in [2.05, 4.69) is 55.4 Å². The van der Waals surface area contributed by atoms with Crippen molar-refractivity contribution in [2.75, 3.05) is 39.6 Å². The number of hydrogen-bond acceptors (Lipinski definition) is 15. The number of rotatable bonds is 85. The number of carbonyl (C=O) groups is 4. The third kappa shape index (κ3) is 81.9. The minimum Gasteiger partial charge on any atom is -0.462 e. The first-order valence-corrected chi connectivity index (χ1v) is 48.2. The van der Waals surface area contributed by atoms with Crippen LogP contribution in [0.3, 0.4) is 0 Å². The Bertz CT molecular complexity index is 2080. The first-order chi connectivity index (χ1) is 51.6. The topological polar surface area (TPSA) is 237 Å². The SMILES string of the molecule is CC(C)CCCCCCCCCCCCCCCCCCCCC(=O)O[C@H](COC(=O)CCCCCCCCCC(C)C)COP(=O)(O)OCC(O)COP(=O)(O)OC[C@@H](COC(=O)CCCCCCCCCCCCCCCCCCC(C)C)OC(=O)CCCCCCCCCCCCCCCCC(C)C. The van der Waals surface area contributed by atoms with Gasteiger partial charge in [0.15, 0.2) is 12.2 Å². The molecule has 0 heterocycles. The Labute approximate surface area is 658 Å². The molecule has 0 aliphatic heterocycles. The normalized spacial score (nSPS) is 13.9. The Balaban J connectivity index is 5.21. The molecule has 0 spiro atoms. The van der Waals surface area contributed by atoms with Crippen molar-refractivity contribution in [3.63, 3.8) is 0 Å². The molecular formula is C88H172O17P2. The largest absolute Gasteiger partial charge is 0.472 e. The second kappa shape index (κ2) is 76.7. The minimum absolute atomic E-state index is 0.107. The molecule has 5 atom stereocenters. The zero-order valence-electron chi connectivity index (χ0n) is 70.8. The van der Waals surface area contributed by atoms with Crippen LogP contribution in [0.5, 0.6) is 0 Å². The molecule has 0 rings (SSSR count). The molecule has 0 aliphatic carbocycles. The summed E-state index contributed by atoms with van der Waals surface area (Å²) in [5.41, 5.74) is 0. The molecule has 0 aromatic carbocycles. The van der Waals surface area contributed by atoms with E-state index in [-0.39, 0.29) is 25.7 Å². The average Bonchev–Trinajstić information content (AvgIpc) is 0.900. The molecule has 3 N–H and O–H groups in total. The van der Waals surface area contributed by atoms with Crippen LogP contribution in [0.1, 0.15) is 460 Å². The second-order valence-electron chi connectivity index (χ2n) is 33.5. The smallest absolute Gasteiger partial charge is 0.462 e. The molecule has 17 nitrogen and oxygen atoms in total. The average molecular weight is 1560 g/mol. The molecular weight excluding hydrogens is 1390 g/mol. The molecule has 19 heteroatoms. The highest BCUT2D eigenvalue weighted by molar-refractivity contribution is 7.47. The van der Waals surface area contributed by atoms with E-state index in [9.17, 15) is 43.2 Å². The van der Waals surface area contributed by atoms with Gasteiger partial charge in [0.05, 0.1) is 26.4 Å². The zero-order valence-corrected chi connectivity index (χ0v) is 72.6. The standard InChI is InChI=1S/C88H172O17P2/c1-78(2)64-56-48-40-33-27-21-15-11-9-10-12-18-25-31-37-45-54-62-70-88(93)105-84(75-99-86(91)69-61-53-47-39-43-51-59-67-81(7)8)77-103-107(96,97)101-73-82(89)72-100-106(94,95)102-76-83(104-87(92)71-63-55-46-38-32-26-20-19-23-29-35-42-50-58-66-80(5)6)74-98-85(90)68-60-52-44-36-30-24-17-14-13-16-22-28-34-41-49-57-65-79(3)4/h78-84,89H,9-77H2,1-8H3,(H,94,95)(H,96,97)/t82?,83-,84-/m1/s1. The van der Waals surface area contributed by atoms with Gasteiger partial charge >= 0.3 is 39.5 Å². The number of aliphatic hydroxyl groups is 1. The van der Waals surface area contributed by atoms with E-state index in [4.69, 9.17) is 37.0 Å². The van der Waals surface area contributed by atoms with Crippen molar-refractivity contribution in [1.82, 2.24) is 0 Å². The van der Waals surface area contributed by atoms with Gasteiger partial charge in [0.1, 0.15) is 19.3 Å². The highest BCUT2D eigenvalue weighted by Crippen LogP contribution is 2.45. The molecule has 0 aromatic heterocycles. The predicted molar refractivity (Wildman–Crippen MR) is 441 cm³/mol. The van der Waals surface area contributed by atoms with Gasteiger partial charge in [-0.3, -0.25) is 37.3 Å². The zero-order chi connectivity index (χ0) is 78.8. The highest BCUT2D eigenvalue weighted by Gasteiger charge is 2.31. The van der Waals surface area contributed by atoms with Gasteiger partial charge in [-0.25, -0.2) is 9.13 Å². The Hall–Kier alpha value is -1.94. The van der Waals surface area contributed by atoms with E-state index in [0.29, 0.717) is 31.6 Å². The maximum Gasteiger partial charge on any atom is 0.472 e. The number of phosphoric acid groups is 2. The molecule has 0 saturated carbocycles. The molecule has 0 bridgehead atoms. The van der Waals surface area contributed by atoms with E-state index in [0.717, 1.165) is 114 Å². The number of ether oxygens (including phenoxy) is 4. The number of esters is 4. The summed E-state index contributed by atoms with van der Waals surface area (Å²) < 4.78 is 68.9.